The number of benzene rings is 1. The van der Waals surface area contributed by atoms with Gasteiger partial charge in [-0.2, -0.15) is 5.26 Å². The number of ether oxygens (including phenoxy) is 2. The summed E-state index contributed by atoms with van der Waals surface area (Å²) in [5, 5.41) is 14.5. The van der Waals surface area contributed by atoms with Gasteiger partial charge in [-0.1, -0.05) is 20.8 Å². The highest BCUT2D eigenvalue weighted by atomic mass is 16.5. The van der Waals surface area contributed by atoms with Gasteiger partial charge in [-0.15, -0.1) is 0 Å². The third kappa shape index (κ3) is 6.45. The minimum absolute atomic E-state index is 0.214. The Bertz CT molecular complexity index is 994. The number of hydrogen-bond donors (Lipinski definition) is 2. The number of aromatic nitrogens is 1. The maximum absolute atomic E-state index is 12.5. The van der Waals surface area contributed by atoms with Crippen molar-refractivity contribution in [3.05, 3.63) is 47.7 Å². The second-order valence-electron chi connectivity index (χ2n) is 8.21. The highest BCUT2D eigenvalue weighted by Crippen LogP contribution is 2.45. The van der Waals surface area contributed by atoms with Crippen molar-refractivity contribution in [2.75, 3.05) is 11.9 Å². The topological polar surface area (TPSA) is 113 Å². The molecular formula is C24H28N4O4. The zero-order chi connectivity index (χ0) is 23.1. The Kier molecular flexibility index (Phi) is 7.66. The second kappa shape index (κ2) is 10.6. The zero-order valence-corrected chi connectivity index (χ0v) is 18.6. The Morgan fingerprint density at radius 2 is 2.03 bits per heavy atom. The van der Waals surface area contributed by atoms with Crippen LogP contribution < -0.4 is 15.4 Å². The van der Waals surface area contributed by atoms with E-state index in [0.29, 0.717) is 35.2 Å². The van der Waals surface area contributed by atoms with Crippen molar-refractivity contribution in [2.24, 2.45) is 5.92 Å². The Balaban J connectivity index is 1.59. The molecule has 1 aliphatic carbocycles. The number of amides is 2. The van der Waals surface area contributed by atoms with Gasteiger partial charge in [0.2, 0.25) is 11.8 Å². The van der Waals surface area contributed by atoms with Crippen LogP contribution in [0.15, 0.2) is 36.5 Å². The monoisotopic (exact) mass is 436 g/mol. The number of carbonyl (C=O) groups excluding carboxylic acids is 2. The summed E-state index contributed by atoms with van der Waals surface area (Å²) in [5.41, 5.74) is 2.11. The van der Waals surface area contributed by atoms with Gasteiger partial charge in [0, 0.05) is 6.07 Å². The first kappa shape index (κ1) is 23.1. The molecule has 8 nitrogen and oxygen atoms in total. The molecule has 1 aromatic heterocycles. The van der Waals surface area contributed by atoms with E-state index in [1.165, 1.54) is 6.20 Å². The smallest absolute Gasteiger partial charge is 0.407 e. The Morgan fingerprint density at radius 1 is 1.25 bits per heavy atom. The number of rotatable bonds is 9. The molecule has 0 aliphatic heterocycles. The maximum Gasteiger partial charge on any atom is 0.407 e. The van der Waals surface area contributed by atoms with Gasteiger partial charge in [0.05, 0.1) is 30.1 Å². The SMILES string of the molecule is CC[C@@H](NC(=O)OCC(C)C)C(=O)Nc1ccc(Oc2ccc(C#N)cc2C2CC2)nc1. The van der Waals surface area contributed by atoms with Crippen LogP contribution in [0, 0.1) is 17.2 Å². The molecule has 8 heteroatoms. The first-order chi connectivity index (χ1) is 15.4. The number of nitrogens with zero attached hydrogens (tertiary/aromatic N) is 2. The number of carbonyl (C=O) groups is 2. The Labute approximate surface area is 187 Å². The molecule has 1 aromatic carbocycles. The van der Waals surface area contributed by atoms with Crippen molar-refractivity contribution in [3.63, 3.8) is 0 Å². The molecule has 0 radical (unpaired) electrons. The fraction of sp³-hybridized carbons (Fsp3) is 0.417. The van der Waals surface area contributed by atoms with Gasteiger partial charge >= 0.3 is 6.09 Å². The average molecular weight is 437 g/mol. The first-order valence-corrected chi connectivity index (χ1v) is 10.8. The van der Waals surface area contributed by atoms with E-state index in [1.54, 1.807) is 31.2 Å². The normalized spacial score (nSPS) is 13.7. The summed E-state index contributed by atoms with van der Waals surface area (Å²) in [6.45, 7) is 5.96. The predicted molar refractivity (Wildman–Crippen MR) is 119 cm³/mol. The molecular weight excluding hydrogens is 408 g/mol. The van der Waals surface area contributed by atoms with Crippen LogP contribution in [0.2, 0.25) is 0 Å². The minimum Gasteiger partial charge on any atom is -0.449 e. The molecule has 2 amide bonds. The molecule has 1 atom stereocenters. The van der Waals surface area contributed by atoms with E-state index in [9.17, 15) is 9.59 Å². The van der Waals surface area contributed by atoms with Gasteiger partial charge in [0.1, 0.15) is 11.8 Å². The van der Waals surface area contributed by atoms with Crippen LogP contribution in [-0.4, -0.2) is 29.6 Å². The lowest BCUT2D eigenvalue weighted by Crippen LogP contribution is -2.43. The van der Waals surface area contributed by atoms with E-state index < -0.39 is 12.1 Å². The van der Waals surface area contributed by atoms with Crippen LogP contribution in [0.4, 0.5) is 10.5 Å². The van der Waals surface area contributed by atoms with Gasteiger partial charge in [-0.25, -0.2) is 9.78 Å². The molecule has 32 heavy (non-hydrogen) atoms. The van der Waals surface area contributed by atoms with Crippen molar-refractivity contribution >= 4 is 17.7 Å². The molecule has 1 aliphatic rings. The van der Waals surface area contributed by atoms with Crippen molar-refractivity contribution in [1.29, 1.82) is 5.26 Å². The number of alkyl carbamates (subject to hydrolysis) is 1. The molecule has 168 valence electrons. The summed E-state index contributed by atoms with van der Waals surface area (Å²) < 4.78 is 11.0. The molecule has 1 saturated carbocycles. The third-order valence-electron chi connectivity index (χ3n) is 4.94. The predicted octanol–water partition coefficient (Wildman–Crippen LogP) is 4.72. The molecule has 2 N–H and O–H groups in total. The highest BCUT2D eigenvalue weighted by molar-refractivity contribution is 5.96. The quantitative estimate of drug-likeness (QED) is 0.588. The summed E-state index contributed by atoms with van der Waals surface area (Å²) in [5.74, 6) is 1.35. The van der Waals surface area contributed by atoms with Crippen LogP contribution in [0.3, 0.4) is 0 Å². The van der Waals surface area contributed by atoms with Crippen LogP contribution in [0.1, 0.15) is 57.1 Å². The number of nitriles is 1. The van der Waals surface area contributed by atoms with Crippen LogP contribution in [0.5, 0.6) is 11.6 Å². The lowest BCUT2D eigenvalue weighted by atomic mass is 10.1. The van der Waals surface area contributed by atoms with Gasteiger partial charge in [-0.05, 0) is 60.9 Å². The molecule has 3 rings (SSSR count). The number of nitrogens with one attached hydrogen (secondary N) is 2. The van der Waals surface area contributed by atoms with E-state index in [2.05, 4.69) is 21.7 Å². The number of anilines is 1. The minimum atomic E-state index is -0.717. The molecule has 0 unspecified atom stereocenters. The molecule has 1 heterocycles. The van der Waals surface area contributed by atoms with E-state index >= 15 is 0 Å². The van der Waals surface area contributed by atoms with Crippen molar-refractivity contribution < 1.29 is 19.1 Å². The fourth-order valence-electron chi connectivity index (χ4n) is 3.06. The number of hydrogen-bond acceptors (Lipinski definition) is 6. The summed E-state index contributed by atoms with van der Waals surface area (Å²) in [4.78, 5) is 28.6. The molecule has 0 spiro atoms. The molecule has 0 bridgehead atoms. The van der Waals surface area contributed by atoms with Crippen molar-refractivity contribution in [2.45, 2.75) is 52.0 Å². The first-order valence-electron chi connectivity index (χ1n) is 10.8. The van der Waals surface area contributed by atoms with E-state index in [-0.39, 0.29) is 18.4 Å². The van der Waals surface area contributed by atoms with Gasteiger partial charge < -0.3 is 20.1 Å². The summed E-state index contributed by atoms with van der Waals surface area (Å²) in [6.07, 6.45) is 3.47. The molecule has 2 aromatic rings. The highest BCUT2D eigenvalue weighted by Gasteiger charge is 2.27. The van der Waals surface area contributed by atoms with Crippen LogP contribution in [0.25, 0.3) is 0 Å². The van der Waals surface area contributed by atoms with E-state index in [1.807, 2.05) is 19.9 Å². The molecule has 0 saturated heterocycles. The van der Waals surface area contributed by atoms with Crippen molar-refractivity contribution in [3.8, 4) is 17.7 Å². The van der Waals surface area contributed by atoms with E-state index in [0.717, 1.165) is 18.4 Å². The second-order valence-corrected chi connectivity index (χ2v) is 8.21. The average Bonchev–Trinajstić information content (AvgIpc) is 3.63. The maximum atomic E-state index is 12.5. The standard InChI is InChI=1S/C24H28N4O4/c1-4-20(28-24(30)31-14-15(2)3)23(29)27-18-8-10-22(26-13-18)32-21-9-5-16(12-25)11-19(21)17-6-7-17/h5,8-11,13,15,17,20H,4,6-7,14H2,1-3H3,(H,27,29)(H,28,30)/t20-/m1/s1. The number of pyridine rings is 1. The lowest BCUT2D eigenvalue weighted by molar-refractivity contribution is -0.118. The summed E-state index contributed by atoms with van der Waals surface area (Å²) >= 11 is 0. The van der Waals surface area contributed by atoms with Crippen molar-refractivity contribution in [1.82, 2.24) is 10.3 Å². The lowest BCUT2D eigenvalue weighted by Gasteiger charge is -2.17. The van der Waals surface area contributed by atoms with E-state index in [4.69, 9.17) is 14.7 Å². The fourth-order valence-corrected chi connectivity index (χ4v) is 3.06. The molecule has 1 fully saturated rings. The van der Waals surface area contributed by atoms with Gasteiger partial charge in [0.15, 0.2) is 0 Å². The largest absolute Gasteiger partial charge is 0.449 e. The van der Waals surface area contributed by atoms with Crippen LogP contribution >= 0.6 is 0 Å². The summed E-state index contributed by atoms with van der Waals surface area (Å²) in [6, 6.07) is 10.2. The zero-order valence-electron chi connectivity index (χ0n) is 18.6. The van der Waals surface area contributed by atoms with Gasteiger partial charge in [0.25, 0.3) is 0 Å². The van der Waals surface area contributed by atoms with Crippen LogP contribution in [-0.2, 0) is 9.53 Å². The third-order valence-corrected chi connectivity index (χ3v) is 4.94. The Morgan fingerprint density at radius 3 is 2.62 bits per heavy atom. The summed E-state index contributed by atoms with van der Waals surface area (Å²) in [7, 11) is 0. The van der Waals surface area contributed by atoms with Gasteiger partial charge in [-0.3, -0.25) is 4.79 Å². The Hall–Kier alpha value is -3.60.